The number of likely N-dealkylation sites (N-methyl/N-ethyl adjacent to an activating group) is 1. The van der Waals surface area contributed by atoms with Crippen molar-refractivity contribution >= 4 is 10.9 Å². The number of aromatic nitrogens is 1. The van der Waals surface area contributed by atoms with Gasteiger partial charge in [0, 0.05) is 49.8 Å². The van der Waals surface area contributed by atoms with Crippen molar-refractivity contribution in [2.75, 3.05) is 39.8 Å². The van der Waals surface area contributed by atoms with Gasteiger partial charge in [0.15, 0.2) is 0 Å². The van der Waals surface area contributed by atoms with Crippen LogP contribution < -0.4 is 0 Å². The van der Waals surface area contributed by atoms with Crippen molar-refractivity contribution in [1.82, 2.24) is 14.4 Å². The monoisotopic (exact) mass is 313 g/mol. The number of para-hydroxylation sites is 1. The van der Waals surface area contributed by atoms with Gasteiger partial charge in [-0.3, -0.25) is 0 Å². The fraction of sp³-hybridized carbons (Fsp3) is 0.600. The summed E-state index contributed by atoms with van der Waals surface area (Å²) < 4.78 is 2.46. The van der Waals surface area contributed by atoms with E-state index < -0.39 is 0 Å². The molecule has 3 rings (SSSR count). The highest BCUT2D eigenvalue weighted by Gasteiger charge is 2.13. The van der Waals surface area contributed by atoms with Crippen LogP contribution in [0.2, 0.25) is 0 Å². The molecule has 3 heteroatoms. The molecule has 1 aromatic carbocycles. The van der Waals surface area contributed by atoms with Crippen LogP contribution in [0.4, 0.5) is 0 Å². The minimum atomic E-state index is 1.15. The van der Waals surface area contributed by atoms with E-state index in [9.17, 15) is 0 Å². The average molecular weight is 313 g/mol. The number of rotatable bonds is 7. The van der Waals surface area contributed by atoms with Gasteiger partial charge in [-0.1, -0.05) is 31.5 Å². The van der Waals surface area contributed by atoms with E-state index in [0.29, 0.717) is 0 Å². The Labute approximate surface area is 140 Å². The van der Waals surface area contributed by atoms with Gasteiger partial charge in [0.2, 0.25) is 0 Å². The van der Waals surface area contributed by atoms with Crippen LogP contribution in [-0.4, -0.2) is 54.1 Å². The molecule has 126 valence electrons. The van der Waals surface area contributed by atoms with Crippen LogP contribution in [0.3, 0.4) is 0 Å². The maximum atomic E-state index is 2.62. The second kappa shape index (κ2) is 7.98. The van der Waals surface area contributed by atoms with E-state index in [0.717, 1.165) is 6.54 Å². The van der Waals surface area contributed by atoms with Crippen molar-refractivity contribution in [2.24, 2.45) is 0 Å². The zero-order valence-electron chi connectivity index (χ0n) is 14.8. The zero-order chi connectivity index (χ0) is 16.1. The van der Waals surface area contributed by atoms with E-state index in [1.54, 1.807) is 0 Å². The summed E-state index contributed by atoms with van der Waals surface area (Å²) in [5.74, 6) is 0. The topological polar surface area (TPSA) is 11.4 Å². The largest absolute Gasteiger partial charge is 0.347 e. The van der Waals surface area contributed by atoms with E-state index >= 15 is 0 Å². The molecule has 0 unspecified atom stereocenters. The summed E-state index contributed by atoms with van der Waals surface area (Å²) in [6.45, 7) is 9.55. The lowest BCUT2D eigenvalue weighted by molar-refractivity contribution is 0.153. The Morgan fingerprint density at radius 2 is 1.74 bits per heavy atom. The number of nitrogens with zero attached hydrogens (tertiary/aromatic N) is 3. The van der Waals surface area contributed by atoms with Crippen LogP contribution >= 0.6 is 0 Å². The number of hydrogen-bond acceptors (Lipinski definition) is 2. The molecule has 1 aliphatic rings. The normalized spacial score (nSPS) is 17.1. The van der Waals surface area contributed by atoms with Crippen LogP contribution in [-0.2, 0) is 13.0 Å². The van der Waals surface area contributed by atoms with Crippen LogP contribution in [0.1, 0.15) is 31.7 Å². The molecule has 0 radical (unpaired) electrons. The molecule has 0 aliphatic carbocycles. The summed E-state index contributed by atoms with van der Waals surface area (Å²) >= 11 is 0. The first-order valence-electron chi connectivity index (χ1n) is 9.25. The van der Waals surface area contributed by atoms with Crippen molar-refractivity contribution in [3.63, 3.8) is 0 Å². The molecule has 0 atom stereocenters. The van der Waals surface area contributed by atoms with Crippen LogP contribution in [0, 0.1) is 0 Å². The Bertz CT molecular complexity index is 608. The summed E-state index contributed by atoms with van der Waals surface area (Å²) in [4.78, 5) is 5.05. The van der Waals surface area contributed by atoms with Gasteiger partial charge in [-0.15, -0.1) is 0 Å². The summed E-state index contributed by atoms with van der Waals surface area (Å²) in [5.41, 5.74) is 2.95. The first-order chi connectivity index (χ1) is 11.3. The van der Waals surface area contributed by atoms with Gasteiger partial charge in [0.25, 0.3) is 0 Å². The first kappa shape index (κ1) is 16.5. The summed E-state index contributed by atoms with van der Waals surface area (Å²) in [5, 5.41) is 1.46. The number of benzene rings is 1. The summed E-state index contributed by atoms with van der Waals surface area (Å²) in [7, 11) is 2.22. The van der Waals surface area contributed by atoms with E-state index in [1.807, 2.05) is 0 Å². The van der Waals surface area contributed by atoms with Crippen LogP contribution in [0.15, 0.2) is 30.5 Å². The van der Waals surface area contributed by atoms with Gasteiger partial charge in [-0.05, 0) is 44.5 Å². The highest BCUT2D eigenvalue weighted by atomic mass is 15.2. The standard InChI is InChI=1S/C20H31N3/c1-3-4-12-23-17-18(19-9-5-6-10-20(19)23)8-7-11-22-15-13-21(2)14-16-22/h5-6,9-10,17H,3-4,7-8,11-16H2,1-2H3. The lowest BCUT2D eigenvalue weighted by Crippen LogP contribution is -2.44. The maximum absolute atomic E-state index is 2.62. The molecule has 2 heterocycles. The van der Waals surface area contributed by atoms with Gasteiger partial charge < -0.3 is 14.4 Å². The number of hydrogen-bond donors (Lipinski definition) is 0. The highest BCUT2D eigenvalue weighted by Crippen LogP contribution is 2.23. The Morgan fingerprint density at radius 1 is 0.957 bits per heavy atom. The molecular formula is C20H31N3. The van der Waals surface area contributed by atoms with Gasteiger partial charge in [-0.25, -0.2) is 0 Å². The Morgan fingerprint density at radius 3 is 2.52 bits per heavy atom. The zero-order valence-corrected chi connectivity index (χ0v) is 14.8. The van der Waals surface area contributed by atoms with Gasteiger partial charge in [-0.2, -0.15) is 0 Å². The van der Waals surface area contributed by atoms with Crippen molar-refractivity contribution < 1.29 is 0 Å². The van der Waals surface area contributed by atoms with Gasteiger partial charge >= 0.3 is 0 Å². The quantitative estimate of drug-likeness (QED) is 0.773. The molecule has 0 bridgehead atoms. The van der Waals surface area contributed by atoms with Crippen molar-refractivity contribution in [3.8, 4) is 0 Å². The van der Waals surface area contributed by atoms with Crippen molar-refractivity contribution in [2.45, 2.75) is 39.2 Å². The van der Waals surface area contributed by atoms with E-state index in [4.69, 9.17) is 0 Å². The van der Waals surface area contributed by atoms with E-state index in [1.165, 1.54) is 74.9 Å². The molecule has 3 nitrogen and oxygen atoms in total. The molecule has 1 aliphatic heterocycles. The molecule has 1 fully saturated rings. The number of aryl methyl sites for hydroxylation is 2. The third kappa shape index (κ3) is 4.15. The molecular weight excluding hydrogens is 282 g/mol. The summed E-state index contributed by atoms with van der Waals surface area (Å²) in [6.07, 6.45) is 7.40. The number of unbranched alkanes of at least 4 members (excludes halogenated alkanes) is 1. The summed E-state index contributed by atoms with van der Waals surface area (Å²) in [6, 6.07) is 8.91. The van der Waals surface area contributed by atoms with Gasteiger partial charge in [0.05, 0.1) is 0 Å². The highest BCUT2D eigenvalue weighted by molar-refractivity contribution is 5.83. The van der Waals surface area contributed by atoms with Crippen LogP contribution in [0.5, 0.6) is 0 Å². The number of fused-ring (bicyclic) bond motifs is 1. The molecule has 1 aromatic heterocycles. The average Bonchev–Trinajstić information content (AvgIpc) is 2.93. The Hall–Kier alpha value is -1.32. The smallest absolute Gasteiger partial charge is 0.0483 e. The predicted octanol–water partition coefficient (Wildman–Crippen LogP) is 3.62. The molecule has 2 aromatic rings. The van der Waals surface area contributed by atoms with Gasteiger partial charge in [0.1, 0.15) is 0 Å². The molecule has 0 spiro atoms. The molecule has 0 N–H and O–H groups in total. The number of piperazine rings is 1. The molecule has 1 saturated heterocycles. The fourth-order valence-electron chi connectivity index (χ4n) is 3.60. The Balaban J connectivity index is 1.61. The lowest BCUT2D eigenvalue weighted by Gasteiger charge is -2.32. The van der Waals surface area contributed by atoms with Crippen molar-refractivity contribution in [3.05, 3.63) is 36.0 Å². The first-order valence-corrected chi connectivity index (χ1v) is 9.25. The fourth-order valence-corrected chi connectivity index (χ4v) is 3.60. The minimum absolute atomic E-state index is 1.15. The maximum Gasteiger partial charge on any atom is 0.0483 e. The SMILES string of the molecule is CCCCn1cc(CCCN2CCN(C)CC2)c2ccccc21. The second-order valence-electron chi connectivity index (χ2n) is 6.97. The van der Waals surface area contributed by atoms with E-state index in [2.05, 4.69) is 58.8 Å². The second-order valence-corrected chi connectivity index (χ2v) is 6.97. The third-order valence-corrected chi connectivity index (χ3v) is 5.14. The van der Waals surface area contributed by atoms with Crippen molar-refractivity contribution in [1.29, 1.82) is 0 Å². The molecule has 23 heavy (non-hydrogen) atoms. The Kier molecular flexibility index (Phi) is 5.74. The minimum Gasteiger partial charge on any atom is -0.347 e. The third-order valence-electron chi connectivity index (χ3n) is 5.14. The predicted molar refractivity (Wildman–Crippen MR) is 99.1 cm³/mol. The molecule has 0 saturated carbocycles. The van der Waals surface area contributed by atoms with E-state index in [-0.39, 0.29) is 0 Å². The lowest BCUT2D eigenvalue weighted by atomic mass is 10.1. The molecule has 0 amide bonds. The van der Waals surface area contributed by atoms with Crippen LogP contribution in [0.25, 0.3) is 10.9 Å².